The molecule has 0 spiro atoms. The zero-order valence-electron chi connectivity index (χ0n) is 11.0. The number of nitrogens with zero attached hydrogens (tertiary/aromatic N) is 2. The first kappa shape index (κ1) is 14.3. The van der Waals surface area contributed by atoms with Crippen LogP contribution < -0.4 is 0 Å². The van der Waals surface area contributed by atoms with Gasteiger partial charge in [-0.3, -0.25) is 0 Å². The Kier molecular flexibility index (Phi) is 5.95. The topological polar surface area (TPSA) is 47.6 Å². The van der Waals surface area contributed by atoms with Crippen molar-refractivity contribution in [2.24, 2.45) is 0 Å². The quantitative estimate of drug-likeness (QED) is 0.666. The molecule has 1 aromatic carbocycles. The third-order valence-electron chi connectivity index (χ3n) is 3.41. The minimum atomic E-state index is -0.480. The van der Waals surface area contributed by atoms with Crippen LogP contribution in [0.4, 0.5) is 0 Å². The minimum absolute atomic E-state index is 0.439. The lowest BCUT2D eigenvalue weighted by Crippen LogP contribution is -2.24. The fourth-order valence-electron chi connectivity index (χ4n) is 2.29. The Morgan fingerprint density at radius 2 is 1.78 bits per heavy atom. The highest BCUT2D eigenvalue weighted by Gasteiger charge is 2.31. The van der Waals surface area contributed by atoms with E-state index in [4.69, 9.17) is 5.26 Å². The van der Waals surface area contributed by atoms with Gasteiger partial charge in [0.05, 0.1) is 17.6 Å². The minimum Gasteiger partial charge on any atom is -0.198 e. The normalized spacial score (nSPS) is 13.3. The van der Waals surface area contributed by atoms with Crippen LogP contribution in [0.3, 0.4) is 0 Å². The number of rotatable bonds is 7. The predicted octanol–water partition coefficient (Wildman–Crippen LogP) is 4.33. The molecular formula is C16H20N2. The Balaban J connectivity index is 2.92. The first-order valence-corrected chi connectivity index (χ1v) is 6.63. The van der Waals surface area contributed by atoms with Crippen LogP contribution in [0.15, 0.2) is 30.3 Å². The summed E-state index contributed by atoms with van der Waals surface area (Å²) < 4.78 is 0. The monoisotopic (exact) mass is 240 g/mol. The molecular weight excluding hydrogens is 220 g/mol. The van der Waals surface area contributed by atoms with E-state index < -0.39 is 5.41 Å². The number of unbranched alkanes of at least 4 members (excludes halogenated alkanes) is 2. The molecule has 0 aliphatic rings. The molecule has 1 aromatic rings. The van der Waals surface area contributed by atoms with E-state index in [9.17, 15) is 5.26 Å². The molecule has 0 aromatic heterocycles. The van der Waals surface area contributed by atoms with Gasteiger partial charge in [-0.25, -0.2) is 0 Å². The number of hydrogen-bond acceptors (Lipinski definition) is 2. The Morgan fingerprint density at radius 1 is 1.06 bits per heavy atom. The summed E-state index contributed by atoms with van der Waals surface area (Å²) >= 11 is 0. The van der Waals surface area contributed by atoms with Crippen molar-refractivity contribution in [3.63, 3.8) is 0 Å². The molecule has 0 radical (unpaired) electrons. The van der Waals surface area contributed by atoms with Crippen LogP contribution in [0.2, 0.25) is 0 Å². The summed E-state index contributed by atoms with van der Waals surface area (Å²) in [4.78, 5) is 0. The summed E-state index contributed by atoms with van der Waals surface area (Å²) in [6.07, 6.45) is 5.26. The highest BCUT2D eigenvalue weighted by atomic mass is 14.4. The average Bonchev–Trinajstić information content (AvgIpc) is 2.44. The number of benzene rings is 1. The Labute approximate surface area is 110 Å². The van der Waals surface area contributed by atoms with Crippen LogP contribution >= 0.6 is 0 Å². The van der Waals surface area contributed by atoms with Gasteiger partial charge in [-0.1, -0.05) is 56.5 Å². The Bertz CT molecular complexity index is 425. The lowest BCUT2D eigenvalue weighted by Gasteiger charge is -2.26. The molecule has 2 nitrogen and oxygen atoms in total. The third kappa shape index (κ3) is 3.60. The van der Waals surface area contributed by atoms with Crippen LogP contribution in [-0.4, -0.2) is 0 Å². The highest BCUT2D eigenvalue weighted by molar-refractivity contribution is 5.32. The second-order valence-electron chi connectivity index (χ2n) is 4.68. The van der Waals surface area contributed by atoms with Gasteiger partial charge in [-0.15, -0.1) is 0 Å². The van der Waals surface area contributed by atoms with Gasteiger partial charge in [-0.05, 0) is 18.4 Å². The molecule has 0 unspecified atom stereocenters. The molecule has 0 aliphatic carbocycles. The summed E-state index contributed by atoms with van der Waals surface area (Å²) in [5.41, 5.74) is 0.574. The van der Waals surface area contributed by atoms with Crippen LogP contribution in [0.5, 0.6) is 0 Å². The SMILES string of the molecule is CCCCC[C@@](C#N)(CCC#N)c1ccccc1. The lowest BCUT2D eigenvalue weighted by molar-refractivity contribution is 0.444. The number of hydrogen-bond donors (Lipinski definition) is 0. The fraction of sp³-hybridized carbons (Fsp3) is 0.500. The van der Waals surface area contributed by atoms with Gasteiger partial charge in [0.25, 0.3) is 0 Å². The fourth-order valence-corrected chi connectivity index (χ4v) is 2.29. The van der Waals surface area contributed by atoms with Crippen molar-refractivity contribution < 1.29 is 0 Å². The van der Waals surface area contributed by atoms with Gasteiger partial charge in [-0.2, -0.15) is 10.5 Å². The van der Waals surface area contributed by atoms with Gasteiger partial charge >= 0.3 is 0 Å². The second-order valence-corrected chi connectivity index (χ2v) is 4.68. The molecule has 0 amide bonds. The molecule has 0 heterocycles. The van der Waals surface area contributed by atoms with E-state index in [-0.39, 0.29) is 0 Å². The van der Waals surface area contributed by atoms with E-state index in [1.807, 2.05) is 30.3 Å². The maximum absolute atomic E-state index is 9.60. The average molecular weight is 240 g/mol. The van der Waals surface area contributed by atoms with Crippen LogP contribution in [0, 0.1) is 22.7 Å². The molecule has 0 bridgehead atoms. The molecule has 94 valence electrons. The maximum atomic E-state index is 9.60. The van der Waals surface area contributed by atoms with E-state index in [1.54, 1.807) is 0 Å². The molecule has 1 atom stereocenters. The van der Waals surface area contributed by atoms with E-state index in [1.165, 1.54) is 0 Å². The largest absolute Gasteiger partial charge is 0.198 e. The second kappa shape index (κ2) is 7.51. The molecule has 0 aliphatic heterocycles. The van der Waals surface area contributed by atoms with Crippen molar-refractivity contribution in [3.8, 4) is 12.1 Å². The van der Waals surface area contributed by atoms with Crippen LogP contribution in [0.25, 0.3) is 0 Å². The first-order valence-electron chi connectivity index (χ1n) is 6.63. The van der Waals surface area contributed by atoms with Crippen molar-refractivity contribution in [1.29, 1.82) is 10.5 Å². The summed E-state index contributed by atoms with van der Waals surface area (Å²) in [5, 5.41) is 18.4. The Hall–Kier alpha value is -1.80. The van der Waals surface area contributed by atoms with Gasteiger partial charge in [0, 0.05) is 6.42 Å². The summed E-state index contributed by atoms with van der Waals surface area (Å²) in [6, 6.07) is 14.5. The maximum Gasteiger partial charge on any atom is 0.0832 e. The van der Waals surface area contributed by atoms with E-state index in [0.717, 1.165) is 31.2 Å². The molecule has 0 saturated heterocycles. The van der Waals surface area contributed by atoms with E-state index in [0.29, 0.717) is 12.8 Å². The lowest BCUT2D eigenvalue weighted by atomic mass is 9.74. The molecule has 0 N–H and O–H groups in total. The van der Waals surface area contributed by atoms with Crippen molar-refractivity contribution >= 4 is 0 Å². The van der Waals surface area contributed by atoms with Crippen LogP contribution in [-0.2, 0) is 5.41 Å². The van der Waals surface area contributed by atoms with Gasteiger partial charge in [0.1, 0.15) is 0 Å². The van der Waals surface area contributed by atoms with Crippen molar-refractivity contribution in [2.75, 3.05) is 0 Å². The molecule has 0 saturated carbocycles. The van der Waals surface area contributed by atoms with Crippen molar-refractivity contribution in [2.45, 2.75) is 50.9 Å². The van der Waals surface area contributed by atoms with Gasteiger partial charge in [0.15, 0.2) is 0 Å². The predicted molar refractivity (Wildman–Crippen MR) is 72.7 cm³/mol. The van der Waals surface area contributed by atoms with Gasteiger partial charge in [0.2, 0.25) is 0 Å². The van der Waals surface area contributed by atoms with E-state index >= 15 is 0 Å². The summed E-state index contributed by atoms with van der Waals surface area (Å²) in [6.45, 7) is 2.16. The third-order valence-corrected chi connectivity index (χ3v) is 3.41. The van der Waals surface area contributed by atoms with Crippen LogP contribution in [0.1, 0.15) is 51.0 Å². The Morgan fingerprint density at radius 3 is 2.33 bits per heavy atom. The smallest absolute Gasteiger partial charge is 0.0832 e. The van der Waals surface area contributed by atoms with E-state index in [2.05, 4.69) is 19.1 Å². The molecule has 0 fully saturated rings. The van der Waals surface area contributed by atoms with Crippen molar-refractivity contribution in [3.05, 3.63) is 35.9 Å². The highest BCUT2D eigenvalue weighted by Crippen LogP contribution is 2.34. The molecule has 1 rings (SSSR count). The van der Waals surface area contributed by atoms with Gasteiger partial charge < -0.3 is 0 Å². The molecule has 2 heteroatoms. The summed E-state index contributed by atoms with van der Waals surface area (Å²) in [5.74, 6) is 0. The first-order chi connectivity index (χ1) is 8.79. The number of nitriles is 2. The molecule has 18 heavy (non-hydrogen) atoms. The standard InChI is InChI=1S/C16H20N2/c1-2-3-7-11-16(14-18,12-8-13-17)15-9-5-4-6-10-15/h4-6,9-10H,2-3,7-8,11-12H2,1H3/t16-/m0/s1. The zero-order valence-corrected chi connectivity index (χ0v) is 11.0. The zero-order chi connectivity index (χ0) is 13.3. The van der Waals surface area contributed by atoms with Crippen molar-refractivity contribution in [1.82, 2.24) is 0 Å². The summed E-state index contributed by atoms with van der Waals surface area (Å²) in [7, 11) is 0.